The largest absolute Gasteiger partial charge is 0.366 e. The third-order valence-corrected chi connectivity index (χ3v) is 4.50. The lowest BCUT2D eigenvalue weighted by atomic mass is 10.1. The zero-order chi connectivity index (χ0) is 21.5. The van der Waals surface area contributed by atoms with Crippen LogP contribution >= 0.6 is 12.6 Å². The lowest BCUT2D eigenvalue weighted by Gasteiger charge is -1.98. The number of thiol groups is 1. The molecule has 2 N–H and O–H groups in total. The summed E-state index contributed by atoms with van der Waals surface area (Å²) in [5.41, 5.74) is 11.6. The van der Waals surface area contributed by atoms with E-state index < -0.39 is 0 Å². The Hall–Kier alpha value is -2.40. The first-order valence-corrected chi connectivity index (χ1v) is 10.0. The predicted octanol–water partition coefficient (Wildman–Crippen LogP) is 4.32. The molecule has 0 aliphatic heterocycles. The smallest absolute Gasteiger partial charge is 0.248 e. The first-order chi connectivity index (χ1) is 13.6. The summed E-state index contributed by atoms with van der Waals surface area (Å²) in [5.74, 6) is 0.393. The van der Waals surface area contributed by atoms with Gasteiger partial charge in [0.15, 0.2) is 0 Å². The van der Waals surface area contributed by atoms with E-state index >= 15 is 0 Å². The van der Waals surface area contributed by atoms with E-state index in [1.165, 1.54) is 43.2 Å². The Morgan fingerprint density at radius 2 is 1.46 bits per heavy atom. The van der Waals surface area contributed by atoms with Crippen molar-refractivity contribution in [2.45, 2.75) is 44.9 Å². The fraction of sp³-hybridized carbons (Fsp3) is 0.348. The molecular formula is C23H31NO3S. The molecule has 5 heteroatoms. The SMILES string of the molecule is C=O.C=O.CS.Cc1ccc2c(c1)CCC2.NC(=O)c1ccc(C2CC2)cc1. The van der Waals surface area contributed by atoms with Crippen molar-refractivity contribution in [2.24, 2.45) is 5.73 Å². The average molecular weight is 402 g/mol. The Bertz CT molecular complexity index is 710. The second kappa shape index (κ2) is 14.6. The molecule has 2 aliphatic carbocycles. The molecule has 0 aromatic heterocycles. The quantitative estimate of drug-likeness (QED) is 0.736. The Balaban J connectivity index is 0.000000416. The van der Waals surface area contributed by atoms with Crippen LogP contribution in [-0.4, -0.2) is 25.7 Å². The number of carbonyl (C=O) groups excluding carboxylic acids is 3. The van der Waals surface area contributed by atoms with Gasteiger partial charge in [-0.2, -0.15) is 12.6 Å². The van der Waals surface area contributed by atoms with Gasteiger partial charge in [0, 0.05) is 5.56 Å². The van der Waals surface area contributed by atoms with Crippen LogP contribution in [0.3, 0.4) is 0 Å². The summed E-state index contributed by atoms with van der Waals surface area (Å²) in [5, 5.41) is 0. The van der Waals surface area contributed by atoms with E-state index in [-0.39, 0.29) is 5.91 Å². The third-order valence-electron chi connectivity index (χ3n) is 4.50. The minimum absolute atomic E-state index is 0.350. The molecule has 0 spiro atoms. The Morgan fingerprint density at radius 1 is 0.929 bits per heavy atom. The van der Waals surface area contributed by atoms with Crippen LogP contribution in [0.4, 0.5) is 0 Å². The summed E-state index contributed by atoms with van der Waals surface area (Å²) in [7, 11) is 0. The minimum Gasteiger partial charge on any atom is -0.366 e. The topological polar surface area (TPSA) is 77.2 Å². The number of fused-ring (bicyclic) bond motifs is 1. The van der Waals surface area contributed by atoms with Crippen molar-refractivity contribution in [3.05, 3.63) is 70.3 Å². The molecule has 2 aromatic carbocycles. The van der Waals surface area contributed by atoms with Crippen LogP contribution in [0.2, 0.25) is 0 Å². The van der Waals surface area contributed by atoms with Crippen molar-refractivity contribution in [2.75, 3.05) is 6.26 Å². The predicted molar refractivity (Wildman–Crippen MR) is 119 cm³/mol. The molecule has 2 aliphatic rings. The van der Waals surface area contributed by atoms with E-state index in [0.717, 1.165) is 5.92 Å². The summed E-state index contributed by atoms with van der Waals surface area (Å²) >= 11 is 3.53. The molecule has 0 heterocycles. The molecule has 0 saturated heterocycles. The monoisotopic (exact) mass is 401 g/mol. The average Bonchev–Trinajstić information content (AvgIpc) is 3.51. The van der Waals surface area contributed by atoms with Crippen LogP contribution in [0.1, 0.15) is 57.8 Å². The van der Waals surface area contributed by atoms with Crippen LogP contribution in [-0.2, 0) is 22.4 Å². The van der Waals surface area contributed by atoms with Gasteiger partial charge in [0.1, 0.15) is 13.6 Å². The van der Waals surface area contributed by atoms with Crippen LogP contribution in [0.25, 0.3) is 0 Å². The number of nitrogens with two attached hydrogens (primary N) is 1. The Labute approximate surface area is 173 Å². The highest BCUT2D eigenvalue weighted by Gasteiger charge is 2.23. The van der Waals surface area contributed by atoms with Crippen molar-refractivity contribution in [1.82, 2.24) is 0 Å². The standard InChI is InChI=1S/C10H11NO.C10H12.2CH2O.CH4S/c11-10(12)9-5-3-8(4-6-9)7-1-2-7;1-8-5-6-9-3-2-4-10(9)7-8;3*1-2/h3-7H,1-2H2,(H2,11,12);5-7H,2-4H2,1H3;2*1H2;2H,1H3. The van der Waals surface area contributed by atoms with Crippen LogP contribution in [0.15, 0.2) is 42.5 Å². The maximum absolute atomic E-state index is 10.7. The van der Waals surface area contributed by atoms with Gasteiger partial charge >= 0.3 is 0 Å². The second-order valence-electron chi connectivity index (χ2n) is 6.39. The highest BCUT2D eigenvalue weighted by Crippen LogP contribution is 2.39. The maximum Gasteiger partial charge on any atom is 0.248 e. The van der Waals surface area contributed by atoms with E-state index in [2.05, 4.69) is 37.8 Å². The van der Waals surface area contributed by atoms with Gasteiger partial charge < -0.3 is 15.3 Å². The van der Waals surface area contributed by atoms with Gasteiger partial charge in [-0.05, 0) is 80.0 Å². The number of benzene rings is 2. The van der Waals surface area contributed by atoms with E-state index in [9.17, 15) is 4.79 Å². The summed E-state index contributed by atoms with van der Waals surface area (Å²) < 4.78 is 0. The Morgan fingerprint density at radius 3 is 1.96 bits per heavy atom. The summed E-state index contributed by atoms with van der Waals surface area (Å²) in [6, 6.07) is 14.4. The van der Waals surface area contributed by atoms with Gasteiger partial charge in [0.05, 0.1) is 0 Å². The number of carbonyl (C=O) groups is 3. The summed E-state index contributed by atoms with van der Waals surface area (Å²) in [6.45, 7) is 6.17. The summed E-state index contributed by atoms with van der Waals surface area (Å²) in [6.07, 6.45) is 8.23. The van der Waals surface area contributed by atoms with E-state index in [4.69, 9.17) is 15.3 Å². The van der Waals surface area contributed by atoms with E-state index in [1.54, 1.807) is 29.5 Å². The zero-order valence-corrected chi connectivity index (χ0v) is 17.7. The normalized spacial score (nSPS) is 12.8. The van der Waals surface area contributed by atoms with E-state index in [1.807, 2.05) is 25.7 Å². The molecule has 1 fully saturated rings. The molecule has 0 radical (unpaired) electrons. The van der Waals surface area contributed by atoms with Crippen LogP contribution < -0.4 is 5.73 Å². The first kappa shape index (κ1) is 25.6. The molecule has 0 atom stereocenters. The fourth-order valence-electron chi connectivity index (χ4n) is 3.04. The molecule has 28 heavy (non-hydrogen) atoms. The lowest BCUT2D eigenvalue weighted by Crippen LogP contribution is -2.10. The van der Waals surface area contributed by atoms with Crippen molar-refractivity contribution in [3.63, 3.8) is 0 Å². The molecule has 1 amide bonds. The van der Waals surface area contributed by atoms with Gasteiger partial charge in [-0.1, -0.05) is 35.9 Å². The molecule has 152 valence electrons. The second-order valence-corrected chi connectivity index (χ2v) is 6.39. The molecule has 0 bridgehead atoms. The maximum atomic E-state index is 10.7. The number of rotatable bonds is 2. The lowest BCUT2D eigenvalue weighted by molar-refractivity contribution is -0.0987. The highest BCUT2D eigenvalue weighted by molar-refractivity contribution is 7.79. The van der Waals surface area contributed by atoms with Gasteiger partial charge in [0.25, 0.3) is 0 Å². The number of amides is 1. The van der Waals surface area contributed by atoms with Gasteiger partial charge in [-0.15, -0.1) is 0 Å². The molecule has 4 rings (SSSR count). The Kier molecular flexibility index (Phi) is 13.4. The van der Waals surface area contributed by atoms with Gasteiger partial charge in [0.2, 0.25) is 5.91 Å². The minimum atomic E-state index is -0.350. The van der Waals surface area contributed by atoms with Crippen molar-refractivity contribution >= 4 is 32.1 Å². The molecule has 2 aromatic rings. The number of primary amides is 1. The van der Waals surface area contributed by atoms with Crippen LogP contribution in [0, 0.1) is 6.92 Å². The van der Waals surface area contributed by atoms with Crippen molar-refractivity contribution in [1.29, 1.82) is 0 Å². The molecule has 1 saturated carbocycles. The molecule has 0 unspecified atom stereocenters. The third kappa shape index (κ3) is 8.53. The molecule has 4 nitrogen and oxygen atoms in total. The zero-order valence-electron chi connectivity index (χ0n) is 16.8. The van der Waals surface area contributed by atoms with Gasteiger partial charge in [-0.25, -0.2) is 0 Å². The number of hydrogen-bond acceptors (Lipinski definition) is 4. The number of aryl methyl sites for hydroxylation is 3. The fourth-order valence-corrected chi connectivity index (χ4v) is 3.04. The number of hydrogen-bond donors (Lipinski definition) is 2. The van der Waals surface area contributed by atoms with Crippen molar-refractivity contribution in [3.8, 4) is 0 Å². The highest BCUT2D eigenvalue weighted by atomic mass is 32.1. The summed E-state index contributed by atoms with van der Waals surface area (Å²) in [4.78, 5) is 26.7. The first-order valence-electron chi connectivity index (χ1n) is 9.14. The van der Waals surface area contributed by atoms with E-state index in [0.29, 0.717) is 5.56 Å². The van der Waals surface area contributed by atoms with Crippen molar-refractivity contribution < 1.29 is 14.4 Å². The molecular weight excluding hydrogens is 370 g/mol. The van der Waals surface area contributed by atoms with Gasteiger partial charge in [-0.3, -0.25) is 4.79 Å². The van der Waals surface area contributed by atoms with Crippen LogP contribution in [0.5, 0.6) is 0 Å².